The van der Waals surface area contributed by atoms with E-state index in [9.17, 15) is 49.2 Å². The lowest BCUT2D eigenvalue weighted by Gasteiger charge is -2.36. The molecule has 2 aliphatic heterocycles. The smallest absolute Gasteiger partial charge is 0.340 e. The van der Waals surface area contributed by atoms with Crippen LogP contribution in [0.3, 0.4) is 0 Å². The molecule has 2 heterocycles. The van der Waals surface area contributed by atoms with E-state index in [0.717, 1.165) is 0 Å². The number of amides is 3. The third kappa shape index (κ3) is 10.2. The third-order valence-electron chi connectivity index (χ3n) is 10.2. The fourth-order valence-corrected chi connectivity index (χ4v) is 7.44. The maximum Gasteiger partial charge on any atom is 0.340 e. The van der Waals surface area contributed by atoms with Crippen LogP contribution in [0.4, 0.5) is 5.69 Å². The maximum absolute atomic E-state index is 13.7. The zero-order chi connectivity index (χ0) is 44.6. The van der Waals surface area contributed by atoms with Crippen LogP contribution < -0.4 is 37.1 Å². The second-order valence-corrected chi connectivity index (χ2v) is 15.0. The Bertz CT molecular complexity index is 2340. The molecule has 4 aromatic rings. The van der Waals surface area contributed by atoms with Crippen LogP contribution in [-0.2, 0) is 40.7 Å². The number of phenols is 2. The molecule has 324 valence electrons. The molecule has 0 aromatic heterocycles. The van der Waals surface area contributed by atoms with Crippen LogP contribution in [0.25, 0.3) is 0 Å². The summed E-state index contributed by atoms with van der Waals surface area (Å²) < 4.78 is 12.1. The van der Waals surface area contributed by atoms with Crippen molar-refractivity contribution < 1.29 is 58.7 Å². The third-order valence-corrected chi connectivity index (χ3v) is 10.5. The number of rotatable bonds is 18. The summed E-state index contributed by atoms with van der Waals surface area (Å²) in [5.74, 6) is -5.36. The molecule has 3 amide bonds. The molecule has 6 rings (SSSR count). The molecule has 4 aromatic carbocycles. The first kappa shape index (κ1) is 44.3. The Morgan fingerprint density at radius 1 is 0.742 bits per heavy atom. The van der Waals surface area contributed by atoms with E-state index in [0.29, 0.717) is 47.3 Å². The lowest BCUT2D eigenvalue weighted by atomic mass is 9.77. The first-order chi connectivity index (χ1) is 29.7. The van der Waals surface area contributed by atoms with Crippen LogP contribution in [0.5, 0.6) is 23.0 Å². The summed E-state index contributed by atoms with van der Waals surface area (Å²) in [5.41, 5.74) is 6.58. The number of carboxylic acids is 2. The number of nitrogens with one attached hydrogen (secondary N) is 5. The number of anilines is 1. The summed E-state index contributed by atoms with van der Waals surface area (Å²) in [7, 11) is 0. The molecule has 0 fully saturated rings. The summed E-state index contributed by atoms with van der Waals surface area (Å²) in [6, 6.07) is 18.3. The van der Waals surface area contributed by atoms with E-state index in [1.807, 2.05) is 0 Å². The molecule has 0 aliphatic carbocycles. The summed E-state index contributed by atoms with van der Waals surface area (Å²) in [6.45, 7) is -0.109. The average Bonchev–Trinajstić information content (AvgIpc) is 3.51. The molecule has 11 N–H and O–H groups in total. The number of thiocarbonyl (C=S) groups is 1. The van der Waals surface area contributed by atoms with Gasteiger partial charge in [-0.25, -0.2) is 9.59 Å². The molecular formula is C43H44N6O12S. The van der Waals surface area contributed by atoms with Gasteiger partial charge >= 0.3 is 17.9 Å². The number of fused-ring (bicyclic) bond motifs is 6. The Labute approximate surface area is 359 Å². The van der Waals surface area contributed by atoms with Crippen molar-refractivity contribution in [3.05, 3.63) is 113 Å². The number of hydrogen-bond donors (Lipinski definition) is 10. The normalized spacial score (nSPS) is 14.3. The molecule has 18 nitrogen and oxygen atoms in total. The van der Waals surface area contributed by atoms with Gasteiger partial charge in [-0.15, -0.1) is 0 Å². The fourth-order valence-electron chi connectivity index (χ4n) is 7.25. The Morgan fingerprint density at radius 3 is 2.00 bits per heavy atom. The standard InChI is InChI=1S/C43H44N6O12S/c44-17-5-4-8-32(40(57)58)49-38(55)31(15-16-37(53)54)48-39(56)33(18-23-6-2-1-3-7-23)47-36(52)22-45-42(62)46-24-9-12-28-27(19-24)41(59)61-43(28)29-13-10-25(50)20-34(29)60-35-21-26(51)11-14-30(35)43/h1-3,6-7,9-14,19-21,31-33,50-51H,4-5,8,15-18,22,44H2,(H,47,52)(H,48,56)(H,49,55)(H,53,54)(H,57,58)(H2,45,46,62)/t31-,32-,33-/m0/s1. The minimum atomic E-state index is -1.47. The quantitative estimate of drug-likeness (QED) is 0.0391. The molecular weight excluding hydrogens is 825 g/mol. The number of hydrogen-bond acceptors (Lipinski definition) is 12. The largest absolute Gasteiger partial charge is 0.508 e. The summed E-state index contributed by atoms with van der Waals surface area (Å²) >= 11 is 5.45. The van der Waals surface area contributed by atoms with E-state index in [4.69, 9.17) is 27.4 Å². The van der Waals surface area contributed by atoms with E-state index >= 15 is 0 Å². The van der Waals surface area contributed by atoms with Gasteiger partial charge in [-0.2, -0.15) is 0 Å². The van der Waals surface area contributed by atoms with Crippen molar-refractivity contribution in [1.29, 1.82) is 0 Å². The van der Waals surface area contributed by atoms with Crippen molar-refractivity contribution in [3.63, 3.8) is 0 Å². The number of aliphatic carboxylic acids is 2. The van der Waals surface area contributed by atoms with Crippen molar-refractivity contribution in [1.82, 2.24) is 21.3 Å². The van der Waals surface area contributed by atoms with E-state index in [1.165, 1.54) is 30.3 Å². The first-order valence-corrected chi connectivity index (χ1v) is 20.0. The molecule has 0 unspecified atom stereocenters. The Hall–Kier alpha value is -7.25. The average molecular weight is 869 g/mol. The Morgan fingerprint density at radius 2 is 1.37 bits per heavy atom. The van der Waals surface area contributed by atoms with Crippen molar-refractivity contribution >= 4 is 58.6 Å². The number of unbranched alkanes of at least 4 members (excludes halogenated alkanes) is 1. The highest BCUT2D eigenvalue weighted by Gasteiger charge is 2.53. The number of carbonyl (C=O) groups is 6. The van der Waals surface area contributed by atoms with E-state index in [2.05, 4.69) is 26.6 Å². The summed E-state index contributed by atoms with van der Waals surface area (Å²) in [4.78, 5) is 77.2. The van der Waals surface area contributed by atoms with E-state index in [1.54, 1.807) is 54.6 Å². The highest BCUT2D eigenvalue weighted by Crippen LogP contribution is 2.57. The second-order valence-electron chi connectivity index (χ2n) is 14.6. The molecule has 1 spiro atoms. The molecule has 0 saturated carbocycles. The predicted octanol–water partition coefficient (Wildman–Crippen LogP) is 2.73. The molecule has 3 atom stereocenters. The molecule has 2 aliphatic rings. The lowest BCUT2D eigenvalue weighted by Crippen LogP contribution is -2.57. The Kier molecular flexibility index (Phi) is 13.9. The van der Waals surface area contributed by atoms with Gasteiger partial charge < -0.3 is 62.2 Å². The zero-order valence-corrected chi connectivity index (χ0v) is 33.8. The SMILES string of the molecule is NCCCC[C@H](NC(=O)[C@H](CCC(=O)O)NC(=O)[C@H](Cc1ccccc1)NC(=O)CNC(=S)Nc1ccc2c(c1)C(=O)OC21c2ccc(O)cc2Oc2cc(O)ccc21)C(=O)O. The molecule has 0 radical (unpaired) electrons. The monoisotopic (exact) mass is 868 g/mol. The van der Waals surface area contributed by atoms with Crippen LogP contribution in [-0.4, -0.2) is 92.4 Å². The predicted molar refractivity (Wildman–Crippen MR) is 226 cm³/mol. The molecule has 0 bridgehead atoms. The van der Waals surface area contributed by atoms with Gasteiger partial charge in [0.05, 0.1) is 12.1 Å². The highest BCUT2D eigenvalue weighted by atomic mass is 32.1. The van der Waals surface area contributed by atoms with Crippen LogP contribution >= 0.6 is 12.2 Å². The van der Waals surface area contributed by atoms with Crippen molar-refractivity contribution in [2.75, 3.05) is 18.4 Å². The van der Waals surface area contributed by atoms with Crippen molar-refractivity contribution in [2.24, 2.45) is 5.73 Å². The molecule has 62 heavy (non-hydrogen) atoms. The summed E-state index contributed by atoms with van der Waals surface area (Å²) in [6.07, 6.45) is 0.0790. The second kappa shape index (κ2) is 19.4. The number of phenolic OH excluding ortho intramolecular Hbond substituents is 2. The van der Waals surface area contributed by atoms with Gasteiger partial charge in [-0.05, 0) is 86.4 Å². The van der Waals surface area contributed by atoms with Gasteiger partial charge in [0.1, 0.15) is 41.1 Å². The zero-order valence-electron chi connectivity index (χ0n) is 33.0. The minimum absolute atomic E-state index is 0.0252. The number of esters is 1. The van der Waals surface area contributed by atoms with Crippen molar-refractivity contribution in [2.45, 2.75) is 62.3 Å². The number of aromatic hydroxyl groups is 2. The number of nitrogens with two attached hydrogens (primary N) is 1. The minimum Gasteiger partial charge on any atom is -0.508 e. The van der Waals surface area contributed by atoms with Gasteiger partial charge in [-0.3, -0.25) is 19.2 Å². The molecule has 0 saturated heterocycles. The summed E-state index contributed by atoms with van der Waals surface area (Å²) in [5, 5.41) is 52.5. The van der Waals surface area contributed by atoms with Crippen LogP contribution in [0, 0.1) is 0 Å². The van der Waals surface area contributed by atoms with Crippen LogP contribution in [0.15, 0.2) is 84.9 Å². The van der Waals surface area contributed by atoms with E-state index in [-0.39, 0.29) is 52.9 Å². The van der Waals surface area contributed by atoms with Gasteiger partial charge in [0.15, 0.2) is 10.7 Å². The van der Waals surface area contributed by atoms with Crippen LogP contribution in [0.1, 0.15) is 64.7 Å². The van der Waals surface area contributed by atoms with Gasteiger partial charge in [0.25, 0.3) is 0 Å². The lowest BCUT2D eigenvalue weighted by molar-refractivity contribution is -0.143. The number of carboxylic acid groups (broad SMARTS) is 2. The fraction of sp³-hybridized carbons (Fsp3) is 0.279. The van der Waals surface area contributed by atoms with Gasteiger partial charge in [0.2, 0.25) is 17.7 Å². The first-order valence-electron chi connectivity index (χ1n) is 19.5. The van der Waals surface area contributed by atoms with Crippen LogP contribution in [0.2, 0.25) is 0 Å². The number of ether oxygens (including phenoxy) is 2. The number of carbonyl (C=O) groups excluding carboxylic acids is 4. The van der Waals surface area contributed by atoms with E-state index < -0.39 is 72.3 Å². The topological polar surface area (TPSA) is 288 Å². The van der Waals surface area contributed by atoms with Gasteiger partial charge in [-0.1, -0.05) is 36.4 Å². The molecule has 19 heteroatoms. The number of benzene rings is 4. The maximum atomic E-state index is 13.7. The Balaban J connectivity index is 1.13. The highest BCUT2D eigenvalue weighted by molar-refractivity contribution is 7.80. The van der Waals surface area contributed by atoms with Gasteiger partial charge in [0, 0.05) is 47.4 Å². The van der Waals surface area contributed by atoms with Crippen molar-refractivity contribution in [3.8, 4) is 23.0 Å².